The van der Waals surface area contributed by atoms with Crippen molar-refractivity contribution in [2.24, 2.45) is 5.92 Å². The molecule has 94 valence electrons. The first-order valence-electron chi connectivity index (χ1n) is 5.88. The maximum atomic E-state index is 11.9. The van der Waals surface area contributed by atoms with E-state index in [1.807, 2.05) is 0 Å². The minimum Gasteiger partial charge on any atom is -0.459 e. The summed E-state index contributed by atoms with van der Waals surface area (Å²) in [6.07, 6.45) is 1.50. The van der Waals surface area contributed by atoms with Crippen molar-refractivity contribution in [3.05, 3.63) is 0 Å². The molecule has 2 atom stereocenters. The van der Waals surface area contributed by atoms with Gasteiger partial charge in [0.2, 0.25) is 11.8 Å². The number of imide groups is 1. The largest absolute Gasteiger partial charge is 0.459 e. The van der Waals surface area contributed by atoms with Gasteiger partial charge in [0.05, 0.1) is 0 Å². The van der Waals surface area contributed by atoms with Gasteiger partial charge >= 0.3 is 5.97 Å². The van der Waals surface area contributed by atoms with Gasteiger partial charge in [-0.05, 0) is 33.6 Å². The highest BCUT2D eigenvalue weighted by atomic mass is 16.6. The second kappa shape index (κ2) is 3.82. The molecule has 2 heterocycles. The normalized spacial score (nSPS) is 28.5. The second-order valence-corrected chi connectivity index (χ2v) is 5.62. The van der Waals surface area contributed by atoms with Crippen LogP contribution in [0.25, 0.3) is 0 Å². The lowest BCUT2D eigenvalue weighted by Gasteiger charge is -2.21. The predicted octanol–water partition coefficient (Wildman–Crippen LogP) is 0.866. The van der Waals surface area contributed by atoms with Crippen molar-refractivity contribution in [3.63, 3.8) is 0 Å². The van der Waals surface area contributed by atoms with Gasteiger partial charge in [0.1, 0.15) is 11.5 Å². The second-order valence-electron chi connectivity index (χ2n) is 5.62. The third kappa shape index (κ3) is 2.18. The molecule has 0 bridgehead atoms. The molecule has 5 nitrogen and oxygen atoms in total. The summed E-state index contributed by atoms with van der Waals surface area (Å²) in [5, 5.41) is 0. The van der Waals surface area contributed by atoms with E-state index in [2.05, 4.69) is 0 Å². The van der Waals surface area contributed by atoms with Crippen LogP contribution in [-0.2, 0) is 19.1 Å². The van der Waals surface area contributed by atoms with Crippen molar-refractivity contribution in [2.75, 3.05) is 0 Å². The van der Waals surface area contributed by atoms with Crippen LogP contribution in [0.4, 0.5) is 0 Å². The zero-order valence-corrected chi connectivity index (χ0v) is 10.4. The van der Waals surface area contributed by atoms with Crippen LogP contribution in [0.3, 0.4) is 0 Å². The molecule has 0 radical (unpaired) electrons. The van der Waals surface area contributed by atoms with Gasteiger partial charge in [0, 0.05) is 12.5 Å². The van der Waals surface area contributed by atoms with Crippen molar-refractivity contribution in [1.29, 1.82) is 0 Å². The highest BCUT2D eigenvalue weighted by Crippen LogP contribution is 2.34. The minimum atomic E-state index is -0.788. The molecule has 2 unspecified atom stereocenters. The fourth-order valence-electron chi connectivity index (χ4n) is 2.38. The Balaban J connectivity index is 2.08. The summed E-state index contributed by atoms with van der Waals surface area (Å²) < 4.78 is 5.19. The molecule has 2 rings (SSSR count). The van der Waals surface area contributed by atoms with E-state index >= 15 is 0 Å². The maximum absolute atomic E-state index is 11.9. The van der Waals surface area contributed by atoms with Crippen LogP contribution < -0.4 is 0 Å². The van der Waals surface area contributed by atoms with E-state index in [1.165, 1.54) is 4.90 Å². The van der Waals surface area contributed by atoms with Gasteiger partial charge in [0.15, 0.2) is 0 Å². The average Bonchev–Trinajstić information content (AvgIpc) is 2.66. The molecule has 0 aliphatic carbocycles. The molecular formula is C12H17NO4. The molecule has 0 spiro atoms. The molecule has 2 saturated heterocycles. The summed E-state index contributed by atoms with van der Waals surface area (Å²) in [5.74, 6) is -1.84. The molecule has 17 heavy (non-hydrogen) atoms. The van der Waals surface area contributed by atoms with E-state index in [0.717, 1.165) is 0 Å². The van der Waals surface area contributed by atoms with Gasteiger partial charge in [0.25, 0.3) is 0 Å². The van der Waals surface area contributed by atoms with E-state index in [4.69, 9.17) is 4.74 Å². The summed E-state index contributed by atoms with van der Waals surface area (Å²) in [6.45, 7) is 5.28. The van der Waals surface area contributed by atoms with E-state index in [0.29, 0.717) is 19.3 Å². The monoisotopic (exact) mass is 239 g/mol. The number of fused-ring (bicyclic) bond motifs is 1. The van der Waals surface area contributed by atoms with Crippen molar-refractivity contribution < 1.29 is 19.1 Å². The Morgan fingerprint density at radius 2 is 2.00 bits per heavy atom. The Bertz CT molecular complexity index is 382. The maximum Gasteiger partial charge on any atom is 0.319 e. The summed E-state index contributed by atoms with van der Waals surface area (Å²) in [5.41, 5.74) is -0.603. The molecule has 0 saturated carbocycles. The number of nitrogens with zero attached hydrogens (tertiary/aromatic N) is 1. The summed E-state index contributed by atoms with van der Waals surface area (Å²) in [4.78, 5) is 36.5. The van der Waals surface area contributed by atoms with Gasteiger partial charge in [-0.1, -0.05) is 0 Å². The lowest BCUT2D eigenvalue weighted by Crippen LogP contribution is -2.36. The smallest absolute Gasteiger partial charge is 0.319 e. The van der Waals surface area contributed by atoms with Crippen molar-refractivity contribution in [1.82, 2.24) is 4.90 Å². The molecule has 2 fully saturated rings. The molecule has 0 aromatic heterocycles. The Hall–Kier alpha value is -1.39. The summed E-state index contributed by atoms with van der Waals surface area (Å²) >= 11 is 0. The fourth-order valence-corrected chi connectivity index (χ4v) is 2.38. The number of amides is 2. The number of hydrogen-bond acceptors (Lipinski definition) is 4. The third-order valence-electron chi connectivity index (χ3n) is 3.06. The van der Waals surface area contributed by atoms with Gasteiger partial charge in [-0.25, -0.2) is 0 Å². The molecule has 2 aliphatic rings. The number of hydrogen-bond donors (Lipinski definition) is 0. The lowest BCUT2D eigenvalue weighted by atomic mass is 10.0. The van der Waals surface area contributed by atoms with Crippen molar-refractivity contribution in [3.8, 4) is 0 Å². The fraction of sp³-hybridized carbons (Fsp3) is 0.750. The first kappa shape index (κ1) is 12.1. The summed E-state index contributed by atoms with van der Waals surface area (Å²) in [7, 11) is 0. The number of carbonyl (C=O) groups is 3. The quantitative estimate of drug-likeness (QED) is 0.387. The Morgan fingerprint density at radius 1 is 1.35 bits per heavy atom. The standard InChI is InChI=1S/C12H17NO4/c1-12(2,3)17-11(16)8-6-7-4-5-9(14)13(7)10(8)15/h7-8H,4-6H2,1-3H3. The van der Waals surface area contributed by atoms with Crippen LogP contribution >= 0.6 is 0 Å². The van der Waals surface area contributed by atoms with Crippen LogP contribution in [0.5, 0.6) is 0 Å². The molecule has 0 aromatic rings. The topological polar surface area (TPSA) is 63.7 Å². The van der Waals surface area contributed by atoms with E-state index < -0.39 is 17.5 Å². The van der Waals surface area contributed by atoms with Crippen LogP contribution in [-0.4, -0.2) is 34.3 Å². The predicted molar refractivity (Wildman–Crippen MR) is 58.8 cm³/mol. The molecular weight excluding hydrogens is 222 g/mol. The van der Waals surface area contributed by atoms with E-state index in [1.54, 1.807) is 20.8 Å². The minimum absolute atomic E-state index is 0.0903. The Labute approximate surface area is 100 Å². The van der Waals surface area contributed by atoms with Gasteiger partial charge in [-0.3, -0.25) is 19.3 Å². The van der Waals surface area contributed by atoms with Crippen LogP contribution in [0.1, 0.15) is 40.0 Å². The summed E-state index contributed by atoms with van der Waals surface area (Å²) in [6, 6.07) is -0.0903. The third-order valence-corrected chi connectivity index (χ3v) is 3.06. The zero-order valence-electron chi connectivity index (χ0n) is 10.4. The highest BCUT2D eigenvalue weighted by molar-refractivity contribution is 6.08. The van der Waals surface area contributed by atoms with Gasteiger partial charge < -0.3 is 4.74 Å². The SMILES string of the molecule is CC(C)(C)OC(=O)C1CC2CCC(=O)N2C1=O. The van der Waals surface area contributed by atoms with E-state index in [9.17, 15) is 14.4 Å². The number of ether oxygens (including phenoxy) is 1. The molecule has 0 aromatic carbocycles. The van der Waals surface area contributed by atoms with E-state index in [-0.39, 0.29) is 17.9 Å². The first-order chi connectivity index (χ1) is 7.79. The molecule has 0 N–H and O–H groups in total. The van der Waals surface area contributed by atoms with Crippen LogP contribution in [0.2, 0.25) is 0 Å². The van der Waals surface area contributed by atoms with Crippen LogP contribution in [0, 0.1) is 5.92 Å². The van der Waals surface area contributed by atoms with Gasteiger partial charge in [-0.15, -0.1) is 0 Å². The number of rotatable bonds is 1. The molecule has 2 amide bonds. The zero-order chi connectivity index (χ0) is 12.8. The molecule has 5 heteroatoms. The van der Waals surface area contributed by atoms with Crippen LogP contribution in [0.15, 0.2) is 0 Å². The highest BCUT2D eigenvalue weighted by Gasteiger charge is 2.50. The Morgan fingerprint density at radius 3 is 2.53 bits per heavy atom. The van der Waals surface area contributed by atoms with Crippen molar-refractivity contribution >= 4 is 17.8 Å². The number of carbonyl (C=O) groups excluding carboxylic acids is 3. The van der Waals surface area contributed by atoms with Crippen molar-refractivity contribution in [2.45, 2.75) is 51.7 Å². The molecule has 2 aliphatic heterocycles. The average molecular weight is 239 g/mol. The number of esters is 1. The Kier molecular flexibility index (Phi) is 2.72. The first-order valence-corrected chi connectivity index (χ1v) is 5.88. The van der Waals surface area contributed by atoms with Gasteiger partial charge in [-0.2, -0.15) is 0 Å². The lowest BCUT2D eigenvalue weighted by molar-refractivity contribution is -0.162.